The molecule has 0 saturated heterocycles. The normalized spacial score (nSPS) is 11.1. The van der Waals surface area contributed by atoms with Gasteiger partial charge in [-0.2, -0.15) is 0 Å². The van der Waals surface area contributed by atoms with Gasteiger partial charge in [0.1, 0.15) is 0 Å². The smallest absolute Gasteiger partial charge is 0.226 e. The first kappa shape index (κ1) is 12.8. The third kappa shape index (κ3) is 2.76. The van der Waals surface area contributed by atoms with Crippen molar-refractivity contribution in [3.63, 3.8) is 0 Å². The molecule has 0 aliphatic heterocycles. The van der Waals surface area contributed by atoms with Gasteiger partial charge in [-0.25, -0.2) is 9.97 Å². The van der Waals surface area contributed by atoms with E-state index in [2.05, 4.69) is 28.7 Å². The lowest BCUT2D eigenvalue weighted by Gasteiger charge is -2.26. The Labute approximate surface area is 108 Å². The summed E-state index contributed by atoms with van der Waals surface area (Å²) >= 11 is 0. The van der Waals surface area contributed by atoms with Crippen molar-refractivity contribution in [3.05, 3.63) is 30.5 Å². The van der Waals surface area contributed by atoms with Crippen LogP contribution < -0.4 is 10.6 Å². The van der Waals surface area contributed by atoms with E-state index in [1.807, 2.05) is 30.5 Å². The summed E-state index contributed by atoms with van der Waals surface area (Å²) in [7, 11) is 0. The summed E-state index contributed by atoms with van der Waals surface area (Å²) in [6, 6.07) is 8.41. The third-order valence-corrected chi connectivity index (χ3v) is 2.96. The van der Waals surface area contributed by atoms with E-state index in [0.717, 1.165) is 29.8 Å². The van der Waals surface area contributed by atoms with Crippen LogP contribution in [0.4, 0.5) is 5.95 Å². The van der Waals surface area contributed by atoms with Gasteiger partial charge in [0.2, 0.25) is 5.95 Å². The third-order valence-electron chi connectivity index (χ3n) is 2.96. The number of hydrogen-bond acceptors (Lipinski definition) is 4. The van der Waals surface area contributed by atoms with Gasteiger partial charge in [-0.05, 0) is 32.9 Å². The summed E-state index contributed by atoms with van der Waals surface area (Å²) in [4.78, 5) is 11.3. The van der Waals surface area contributed by atoms with Crippen LogP contribution in [0.2, 0.25) is 0 Å². The Morgan fingerprint density at radius 3 is 2.78 bits per heavy atom. The molecule has 4 nitrogen and oxygen atoms in total. The van der Waals surface area contributed by atoms with Crippen LogP contribution in [0.25, 0.3) is 10.9 Å². The van der Waals surface area contributed by atoms with Crippen LogP contribution >= 0.6 is 0 Å². The molecule has 18 heavy (non-hydrogen) atoms. The highest BCUT2D eigenvalue weighted by atomic mass is 15.3. The van der Waals surface area contributed by atoms with Crippen molar-refractivity contribution >= 4 is 16.9 Å². The van der Waals surface area contributed by atoms with Crippen molar-refractivity contribution in [2.45, 2.75) is 26.3 Å². The van der Waals surface area contributed by atoms with E-state index < -0.39 is 0 Å². The molecule has 96 valence electrons. The first-order chi connectivity index (χ1) is 8.72. The van der Waals surface area contributed by atoms with E-state index in [9.17, 15) is 0 Å². The molecule has 0 unspecified atom stereocenters. The van der Waals surface area contributed by atoms with Crippen molar-refractivity contribution in [1.82, 2.24) is 9.97 Å². The second kappa shape index (κ2) is 5.78. The second-order valence-electron chi connectivity index (χ2n) is 4.66. The van der Waals surface area contributed by atoms with E-state index in [4.69, 9.17) is 5.73 Å². The number of benzene rings is 1. The van der Waals surface area contributed by atoms with Crippen LogP contribution in [0.3, 0.4) is 0 Å². The van der Waals surface area contributed by atoms with E-state index in [1.54, 1.807) is 0 Å². The Morgan fingerprint density at radius 1 is 1.28 bits per heavy atom. The number of fused-ring (bicyclic) bond motifs is 1. The van der Waals surface area contributed by atoms with Crippen LogP contribution in [-0.2, 0) is 0 Å². The largest absolute Gasteiger partial charge is 0.338 e. The van der Waals surface area contributed by atoms with Crippen molar-refractivity contribution < 1.29 is 0 Å². The average Bonchev–Trinajstić information content (AvgIpc) is 2.38. The minimum absolute atomic E-state index is 0.373. The van der Waals surface area contributed by atoms with Gasteiger partial charge in [0, 0.05) is 24.2 Å². The average molecular weight is 244 g/mol. The van der Waals surface area contributed by atoms with Gasteiger partial charge < -0.3 is 10.6 Å². The number of nitrogens with zero attached hydrogens (tertiary/aromatic N) is 3. The highest BCUT2D eigenvalue weighted by Crippen LogP contribution is 2.16. The van der Waals surface area contributed by atoms with Gasteiger partial charge in [0.25, 0.3) is 0 Å². The Kier molecular flexibility index (Phi) is 4.10. The van der Waals surface area contributed by atoms with Crippen LogP contribution in [0.5, 0.6) is 0 Å². The molecule has 0 aliphatic carbocycles. The first-order valence-electron chi connectivity index (χ1n) is 6.41. The molecule has 4 heteroatoms. The summed E-state index contributed by atoms with van der Waals surface area (Å²) in [5, 5.41) is 1.07. The Balaban J connectivity index is 2.32. The zero-order valence-corrected chi connectivity index (χ0v) is 11.0. The highest BCUT2D eigenvalue weighted by Gasteiger charge is 2.13. The zero-order chi connectivity index (χ0) is 13.0. The standard InChI is InChI=1S/C14H20N4/c1-11(2)18(9-5-8-15)14-16-10-12-6-3-4-7-13(12)17-14/h3-4,6-7,10-11H,5,8-9,15H2,1-2H3. The monoisotopic (exact) mass is 244 g/mol. The van der Waals surface area contributed by atoms with Crippen molar-refractivity contribution in [3.8, 4) is 0 Å². The van der Waals surface area contributed by atoms with Crippen molar-refractivity contribution in [2.75, 3.05) is 18.0 Å². The molecule has 0 fully saturated rings. The lowest BCUT2D eigenvalue weighted by molar-refractivity contribution is 0.641. The van der Waals surface area contributed by atoms with Gasteiger partial charge >= 0.3 is 0 Å². The molecule has 1 aromatic carbocycles. The molecule has 0 aliphatic rings. The quantitative estimate of drug-likeness (QED) is 0.876. The summed E-state index contributed by atoms with van der Waals surface area (Å²) < 4.78 is 0. The van der Waals surface area contributed by atoms with Crippen LogP contribution in [0.15, 0.2) is 30.5 Å². The van der Waals surface area contributed by atoms with Gasteiger partial charge in [-0.3, -0.25) is 0 Å². The Hall–Kier alpha value is -1.68. The number of anilines is 1. The molecule has 0 spiro atoms. The molecule has 2 N–H and O–H groups in total. The maximum absolute atomic E-state index is 5.58. The Morgan fingerprint density at radius 2 is 2.06 bits per heavy atom. The molecule has 1 heterocycles. The predicted octanol–water partition coefficient (Wildman–Crippen LogP) is 2.19. The molecule has 0 bridgehead atoms. The van der Waals surface area contributed by atoms with E-state index in [0.29, 0.717) is 12.6 Å². The molecule has 1 aromatic heterocycles. The van der Waals surface area contributed by atoms with Crippen molar-refractivity contribution in [2.24, 2.45) is 5.73 Å². The molecular formula is C14H20N4. The Bertz CT molecular complexity index is 510. The first-order valence-corrected chi connectivity index (χ1v) is 6.41. The van der Waals surface area contributed by atoms with E-state index in [-0.39, 0.29) is 0 Å². The van der Waals surface area contributed by atoms with Crippen molar-refractivity contribution in [1.29, 1.82) is 0 Å². The van der Waals surface area contributed by atoms with Crippen LogP contribution in [0.1, 0.15) is 20.3 Å². The SMILES string of the molecule is CC(C)N(CCCN)c1ncc2ccccc2n1. The van der Waals surface area contributed by atoms with Gasteiger partial charge in [-0.15, -0.1) is 0 Å². The molecule has 2 aromatic rings. The summed E-state index contributed by atoms with van der Waals surface area (Å²) in [6.45, 7) is 5.88. The molecular weight excluding hydrogens is 224 g/mol. The molecule has 0 amide bonds. The fraction of sp³-hybridized carbons (Fsp3) is 0.429. The summed E-state index contributed by atoms with van der Waals surface area (Å²) in [5.74, 6) is 0.789. The lowest BCUT2D eigenvalue weighted by Crippen LogP contribution is -2.34. The topological polar surface area (TPSA) is 55.0 Å². The summed E-state index contributed by atoms with van der Waals surface area (Å²) in [6.07, 6.45) is 2.84. The van der Waals surface area contributed by atoms with Gasteiger partial charge in [0.05, 0.1) is 5.52 Å². The summed E-state index contributed by atoms with van der Waals surface area (Å²) in [5.41, 5.74) is 6.57. The number of hydrogen-bond donors (Lipinski definition) is 1. The highest BCUT2D eigenvalue weighted by molar-refractivity contribution is 5.78. The maximum Gasteiger partial charge on any atom is 0.226 e. The zero-order valence-electron chi connectivity index (χ0n) is 11.0. The number of para-hydroxylation sites is 1. The number of aromatic nitrogens is 2. The van der Waals surface area contributed by atoms with E-state index in [1.165, 1.54) is 0 Å². The number of nitrogens with two attached hydrogens (primary N) is 1. The fourth-order valence-electron chi connectivity index (χ4n) is 1.95. The fourth-order valence-corrected chi connectivity index (χ4v) is 1.95. The second-order valence-corrected chi connectivity index (χ2v) is 4.66. The molecule has 0 radical (unpaired) electrons. The molecule has 0 atom stereocenters. The van der Waals surface area contributed by atoms with E-state index >= 15 is 0 Å². The van der Waals surface area contributed by atoms with Crippen LogP contribution in [-0.4, -0.2) is 29.1 Å². The number of rotatable bonds is 5. The van der Waals surface area contributed by atoms with Gasteiger partial charge in [0.15, 0.2) is 0 Å². The lowest BCUT2D eigenvalue weighted by atomic mass is 10.2. The maximum atomic E-state index is 5.58. The predicted molar refractivity (Wildman–Crippen MR) is 75.7 cm³/mol. The minimum atomic E-state index is 0.373. The molecule has 2 rings (SSSR count). The molecule has 0 saturated carbocycles. The van der Waals surface area contributed by atoms with Crippen LogP contribution in [0, 0.1) is 0 Å². The minimum Gasteiger partial charge on any atom is -0.338 e. The van der Waals surface area contributed by atoms with Gasteiger partial charge in [-0.1, -0.05) is 18.2 Å².